The van der Waals surface area contributed by atoms with Gasteiger partial charge in [0, 0.05) is 37.8 Å². The summed E-state index contributed by atoms with van der Waals surface area (Å²) in [4.78, 5) is 39.9. The van der Waals surface area contributed by atoms with Gasteiger partial charge in [0.2, 0.25) is 11.8 Å². The van der Waals surface area contributed by atoms with Gasteiger partial charge in [-0.15, -0.1) is 0 Å². The van der Waals surface area contributed by atoms with E-state index in [4.69, 9.17) is 5.73 Å². The van der Waals surface area contributed by atoms with E-state index in [1.165, 1.54) is 0 Å². The van der Waals surface area contributed by atoms with Gasteiger partial charge in [0.05, 0.1) is 5.56 Å². The number of imide groups is 1. The van der Waals surface area contributed by atoms with E-state index in [0.29, 0.717) is 18.5 Å². The number of benzene rings is 1. The highest BCUT2D eigenvalue weighted by Gasteiger charge is 2.41. The highest BCUT2D eigenvalue weighted by molar-refractivity contribution is 6.08. The number of carbonyl (C=O) groups excluding carboxylic acids is 3. The van der Waals surface area contributed by atoms with Crippen molar-refractivity contribution in [3.63, 3.8) is 0 Å². The number of rotatable bonds is 2. The predicted octanol–water partition coefficient (Wildman–Crippen LogP) is -0.405. The summed E-state index contributed by atoms with van der Waals surface area (Å²) in [5.74, 6) is -0.786. The number of hydrogen-bond acceptors (Lipinski definition) is 5. The molecular formula is C16H18N4O3. The van der Waals surface area contributed by atoms with E-state index < -0.39 is 6.04 Å². The average Bonchev–Trinajstić information content (AvgIpc) is 2.81. The Morgan fingerprint density at radius 2 is 1.96 bits per heavy atom. The number of nitrogens with two attached hydrogens (primary N) is 1. The second-order valence-electron chi connectivity index (χ2n) is 6.38. The minimum atomic E-state index is -0.570. The fraction of sp³-hybridized carbons (Fsp3) is 0.438. The number of anilines is 1. The molecule has 1 aromatic carbocycles. The van der Waals surface area contributed by atoms with Crippen LogP contribution in [0.5, 0.6) is 0 Å². The van der Waals surface area contributed by atoms with Gasteiger partial charge in [-0.05, 0) is 18.1 Å². The molecule has 7 heteroatoms. The van der Waals surface area contributed by atoms with Crippen molar-refractivity contribution >= 4 is 23.4 Å². The van der Waals surface area contributed by atoms with Crippen molar-refractivity contribution in [3.8, 4) is 0 Å². The molecule has 1 atom stereocenters. The number of nitrogens with one attached hydrogen (secondary N) is 1. The van der Waals surface area contributed by atoms with Crippen molar-refractivity contribution in [2.24, 2.45) is 5.73 Å². The van der Waals surface area contributed by atoms with Gasteiger partial charge in [-0.3, -0.25) is 19.7 Å². The lowest BCUT2D eigenvalue weighted by Gasteiger charge is -2.39. The Labute approximate surface area is 133 Å². The van der Waals surface area contributed by atoms with Crippen LogP contribution in [-0.4, -0.2) is 47.8 Å². The minimum absolute atomic E-state index is 0.134. The molecule has 23 heavy (non-hydrogen) atoms. The van der Waals surface area contributed by atoms with E-state index in [-0.39, 0.29) is 30.2 Å². The average molecular weight is 314 g/mol. The number of carbonyl (C=O) groups is 3. The summed E-state index contributed by atoms with van der Waals surface area (Å²) < 4.78 is 0. The fourth-order valence-corrected chi connectivity index (χ4v) is 3.57. The number of piperidine rings is 1. The second-order valence-corrected chi connectivity index (χ2v) is 6.38. The lowest BCUT2D eigenvalue weighted by molar-refractivity contribution is -0.136. The number of fused-ring (bicyclic) bond motifs is 1. The first-order valence-electron chi connectivity index (χ1n) is 7.81. The summed E-state index contributed by atoms with van der Waals surface area (Å²) in [5, 5.41) is 2.32. The van der Waals surface area contributed by atoms with Crippen LogP contribution in [0.1, 0.15) is 28.8 Å². The molecule has 3 aliphatic heterocycles. The normalized spacial score (nSPS) is 24.6. The standard InChI is InChI=1S/C16H18N4O3/c17-10-7-19(8-10)11-3-1-2-9-6-20(16(23)14(9)11)12-4-5-13(21)18-15(12)22/h1-3,10,12H,4-8,17H2,(H,18,21,22). The van der Waals surface area contributed by atoms with E-state index in [1.54, 1.807) is 4.90 Å². The third-order valence-electron chi connectivity index (χ3n) is 4.78. The summed E-state index contributed by atoms with van der Waals surface area (Å²) in [6.45, 7) is 1.89. The molecule has 1 unspecified atom stereocenters. The molecule has 2 fully saturated rings. The van der Waals surface area contributed by atoms with Crippen LogP contribution in [0.25, 0.3) is 0 Å². The predicted molar refractivity (Wildman–Crippen MR) is 82.7 cm³/mol. The van der Waals surface area contributed by atoms with E-state index in [9.17, 15) is 14.4 Å². The number of hydrogen-bond donors (Lipinski definition) is 2. The van der Waals surface area contributed by atoms with Crippen molar-refractivity contribution < 1.29 is 14.4 Å². The molecule has 0 spiro atoms. The third kappa shape index (κ3) is 2.19. The van der Waals surface area contributed by atoms with Gasteiger partial charge in [0.1, 0.15) is 6.04 Å². The van der Waals surface area contributed by atoms with Gasteiger partial charge < -0.3 is 15.5 Å². The zero-order valence-electron chi connectivity index (χ0n) is 12.6. The van der Waals surface area contributed by atoms with Gasteiger partial charge >= 0.3 is 0 Å². The lowest BCUT2D eigenvalue weighted by atomic mass is 10.0. The number of nitrogens with zero attached hydrogens (tertiary/aromatic N) is 2. The molecule has 3 N–H and O–H groups in total. The van der Waals surface area contributed by atoms with Gasteiger partial charge in [-0.2, -0.15) is 0 Å². The number of amides is 3. The molecule has 0 aromatic heterocycles. The first-order chi connectivity index (χ1) is 11.0. The summed E-state index contributed by atoms with van der Waals surface area (Å²) in [6.07, 6.45) is 0.651. The summed E-state index contributed by atoms with van der Waals surface area (Å²) in [7, 11) is 0. The molecule has 3 aliphatic rings. The highest BCUT2D eigenvalue weighted by Crippen LogP contribution is 2.35. The van der Waals surface area contributed by atoms with Crippen LogP contribution in [0, 0.1) is 0 Å². The van der Waals surface area contributed by atoms with Crippen LogP contribution >= 0.6 is 0 Å². The Kier molecular flexibility index (Phi) is 3.12. The lowest BCUT2D eigenvalue weighted by Crippen LogP contribution is -2.56. The largest absolute Gasteiger partial charge is 0.368 e. The molecule has 1 aromatic rings. The molecule has 0 bridgehead atoms. The van der Waals surface area contributed by atoms with Crippen LogP contribution in [0.15, 0.2) is 18.2 Å². The van der Waals surface area contributed by atoms with Crippen LogP contribution in [0.3, 0.4) is 0 Å². The van der Waals surface area contributed by atoms with Gasteiger partial charge in [0.15, 0.2) is 0 Å². The Morgan fingerprint density at radius 3 is 2.65 bits per heavy atom. The van der Waals surface area contributed by atoms with Crippen molar-refractivity contribution in [2.75, 3.05) is 18.0 Å². The summed E-state index contributed by atoms with van der Waals surface area (Å²) in [6, 6.07) is 5.35. The van der Waals surface area contributed by atoms with E-state index >= 15 is 0 Å². The maximum absolute atomic E-state index is 12.9. The molecule has 4 rings (SSSR count). The topological polar surface area (TPSA) is 95.7 Å². The maximum Gasteiger partial charge on any atom is 0.257 e. The fourth-order valence-electron chi connectivity index (χ4n) is 3.57. The molecular weight excluding hydrogens is 296 g/mol. The van der Waals surface area contributed by atoms with Crippen molar-refractivity contribution in [1.29, 1.82) is 0 Å². The molecule has 0 radical (unpaired) electrons. The van der Waals surface area contributed by atoms with Crippen molar-refractivity contribution in [1.82, 2.24) is 10.2 Å². The van der Waals surface area contributed by atoms with Crippen LogP contribution in [0.2, 0.25) is 0 Å². The third-order valence-corrected chi connectivity index (χ3v) is 4.78. The minimum Gasteiger partial charge on any atom is -0.368 e. The Balaban J connectivity index is 1.62. The molecule has 0 aliphatic carbocycles. The van der Waals surface area contributed by atoms with E-state index in [2.05, 4.69) is 10.2 Å². The van der Waals surface area contributed by atoms with Gasteiger partial charge in [-0.1, -0.05) is 12.1 Å². The van der Waals surface area contributed by atoms with Crippen molar-refractivity contribution in [2.45, 2.75) is 31.5 Å². The summed E-state index contributed by atoms with van der Waals surface area (Å²) in [5.41, 5.74) is 8.33. The first-order valence-corrected chi connectivity index (χ1v) is 7.81. The van der Waals surface area contributed by atoms with Crippen LogP contribution in [0.4, 0.5) is 5.69 Å². The quantitative estimate of drug-likeness (QED) is 0.724. The zero-order chi connectivity index (χ0) is 16.1. The molecule has 0 saturated carbocycles. The van der Waals surface area contributed by atoms with Crippen molar-refractivity contribution in [3.05, 3.63) is 29.3 Å². The van der Waals surface area contributed by atoms with E-state index in [0.717, 1.165) is 24.3 Å². The summed E-state index contributed by atoms with van der Waals surface area (Å²) >= 11 is 0. The molecule has 3 heterocycles. The molecule has 120 valence electrons. The maximum atomic E-state index is 12.9. The molecule has 7 nitrogen and oxygen atoms in total. The van der Waals surface area contributed by atoms with E-state index in [1.807, 2.05) is 18.2 Å². The Bertz CT molecular complexity index is 711. The molecule has 3 amide bonds. The SMILES string of the molecule is NC1CN(c2cccc3c2C(=O)N(C2CCC(=O)NC2=O)C3)C1. The smallest absolute Gasteiger partial charge is 0.257 e. The van der Waals surface area contributed by atoms with Crippen LogP contribution in [-0.2, 0) is 16.1 Å². The van der Waals surface area contributed by atoms with Crippen LogP contribution < -0.4 is 16.0 Å². The monoisotopic (exact) mass is 314 g/mol. The highest BCUT2D eigenvalue weighted by atomic mass is 16.2. The Hall–Kier alpha value is -2.41. The second kappa shape index (κ2) is 5.06. The molecule has 2 saturated heterocycles. The Morgan fingerprint density at radius 1 is 1.17 bits per heavy atom. The first kappa shape index (κ1) is 14.2. The van der Waals surface area contributed by atoms with Gasteiger partial charge in [0.25, 0.3) is 5.91 Å². The zero-order valence-corrected chi connectivity index (χ0v) is 12.6. The van der Waals surface area contributed by atoms with Gasteiger partial charge in [-0.25, -0.2) is 0 Å².